The maximum Gasteiger partial charge on any atom is 0.119 e. The van der Waals surface area contributed by atoms with Gasteiger partial charge in [-0.25, -0.2) is 0 Å². The van der Waals surface area contributed by atoms with E-state index >= 15 is 0 Å². The molecule has 0 aliphatic heterocycles. The van der Waals surface area contributed by atoms with Gasteiger partial charge in [-0.1, -0.05) is 57.8 Å². The van der Waals surface area contributed by atoms with Gasteiger partial charge in [-0.05, 0) is 12.8 Å². The normalized spacial score (nSPS) is 9.94. The van der Waals surface area contributed by atoms with Gasteiger partial charge >= 0.3 is 0 Å². The Morgan fingerprint density at radius 1 is 0.647 bits per heavy atom. The Bertz CT molecular complexity index is 140. The van der Waals surface area contributed by atoms with Gasteiger partial charge in [0.15, 0.2) is 0 Å². The molecule has 0 aromatic heterocycles. The van der Waals surface area contributed by atoms with Crippen LogP contribution < -0.4 is 0 Å². The van der Waals surface area contributed by atoms with E-state index in [4.69, 9.17) is 5.11 Å². The molecule has 17 heavy (non-hydrogen) atoms. The minimum absolute atomic E-state index is 0. The van der Waals surface area contributed by atoms with E-state index in [9.17, 15) is 4.79 Å². The smallest absolute Gasteiger partial charge is 0.119 e. The zero-order valence-electron chi connectivity index (χ0n) is 11.2. The van der Waals surface area contributed by atoms with Crippen molar-refractivity contribution in [2.75, 3.05) is 6.61 Å². The van der Waals surface area contributed by atoms with Gasteiger partial charge in [0.25, 0.3) is 0 Å². The summed E-state index contributed by atoms with van der Waals surface area (Å²) in [6, 6.07) is 0. The second kappa shape index (κ2) is 19.1. The molecule has 0 saturated heterocycles. The van der Waals surface area contributed by atoms with Gasteiger partial charge in [-0.15, -0.1) is 0 Å². The molecule has 0 aromatic carbocycles. The molecule has 0 aliphatic rings. The summed E-state index contributed by atoms with van der Waals surface area (Å²) < 4.78 is 0. The van der Waals surface area contributed by atoms with E-state index in [0.29, 0.717) is 6.61 Å². The fraction of sp³-hybridized carbons (Fsp3) is 0.929. The molecule has 0 spiro atoms. The molecule has 0 bridgehead atoms. The predicted octanol–water partition coefficient (Wildman–Crippen LogP) is 3.86. The second-order valence-electron chi connectivity index (χ2n) is 4.57. The zero-order valence-corrected chi connectivity index (χ0v) is 14.0. The molecule has 2 nitrogen and oxygen atoms in total. The molecular weight excluding hydrogens is 289 g/mol. The molecule has 0 aliphatic carbocycles. The third-order valence-corrected chi connectivity index (χ3v) is 2.98. The Hall–Kier alpha value is 0.734. The largest absolute Gasteiger partial charge is 0.396 e. The van der Waals surface area contributed by atoms with Crippen LogP contribution in [0.4, 0.5) is 0 Å². The number of aldehydes is 1. The van der Waals surface area contributed by atoms with Gasteiger partial charge in [-0.2, -0.15) is 0 Å². The van der Waals surface area contributed by atoms with Gasteiger partial charge in [0.1, 0.15) is 6.29 Å². The fourth-order valence-corrected chi connectivity index (χ4v) is 1.93. The Kier molecular flexibility index (Phi) is 22.5. The van der Waals surface area contributed by atoms with Crippen molar-refractivity contribution >= 4 is 6.29 Å². The van der Waals surface area contributed by atoms with Crippen molar-refractivity contribution in [1.82, 2.24) is 0 Å². The number of aliphatic hydroxyl groups excluding tert-OH is 1. The van der Waals surface area contributed by atoms with Crippen LogP contribution in [0.3, 0.4) is 0 Å². The van der Waals surface area contributed by atoms with Gasteiger partial charge < -0.3 is 9.90 Å². The second-order valence-corrected chi connectivity index (χ2v) is 4.57. The molecule has 3 heteroatoms. The number of rotatable bonds is 13. The van der Waals surface area contributed by atoms with E-state index in [1.165, 1.54) is 57.8 Å². The van der Waals surface area contributed by atoms with Crippen molar-refractivity contribution in [3.05, 3.63) is 0 Å². The maximum atomic E-state index is 10.1. The molecule has 0 fully saturated rings. The Morgan fingerprint density at radius 2 is 1.00 bits per heavy atom. The molecule has 99 valence electrons. The number of unbranched alkanes of at least 4 members (excludes halogenated alkanes) is 11. The number of carbonyl (C=O) groups excluding carboxylic acids is 1. The third-order valence-electron chi connectivity index (χ3n) is 2.98. The van der Waals surface area contributed by atoms with Crippen LogP contribution in [-0.2, 0) is 37.5 Å². The summed E-state index contributed by atoms with van der Waals surface area (Å²) in [4.78, 5) is 10.1. The zero-order chi connectivity index (χ0) is 11.9. The number of carbonyl (C=O) groups is 1. The number of hydrogen-bond acceptors (Lipinski definition) is 2. The molecule has 0 atom stereocenters. The summed E-state index contributed by atoms with van der Waals surface area (Å²) >= 11 is 0. The number of aliphatic hydroxyl groups is 1. The average Bonchev–Trinajstić information content (AvgIpc) is 2.31. The molecule has 0 rings (SSSR count). The minimum Gasteiger partial charge on any atom is -0.396 e. The van der Waals surface area contributed by atoms with Crippen LogP contribution in [0.25, 0.3) is 0 Å². The van der Waals surface area contributed by atoms with E-state index in [1.54, 1.807) is 0 Å². The fourth-order valence-electron chi connectivity index (χ4n) is 1.93. The van der Waals surface area contributed by atoms with E-state index in [2.05, 4.69) is 0 Å². The first-order chi connectivity index (χ1) is 7.91. The maximum absolute atomic E-state index is 10.1. The van der Waals surface area contributed by atoms with E-state index in [-0.39, 0.29) is 32.7 Å². The van der Waals surface area contributed by atoms with Crippen LogP contribution in [0.5, 0.6) is 0 Å². The Morgan fingerprint density at radius 3 is 1.35 bits per heavy atom. The van der Waals surface area contributed by atoms with E-state index < -0.39 is 0 Å². The van der Waals surface area contributed by atoms with Crippen LogP contribution in [0.2, 0.25) is 0 Å². The summed E-state index contributed by atoms with van der Waals surface area (Å²) in [6.45, 7) is 0.348. The molecule has 0 aromatic rings. The molecule has 0 amide bonds. The standard InChI is InChI=1S/C14H28O2.Y/c15-13-11-9-7-5-3-1-2-4-6-8-10-12-14-16;/h13,16H,1-12,14H2;. The van der Waals surface area contributed by atoms with Crippen molar-refractivity contribution in [2.45, 2.75) is 77.0 Å². The van der Waals surface area contributed by atoms with Crippen molar-refractivity contribution < 1.29 is 42.6 Å². The summed E-state index contributed by atoms with van der Waals surface area (Å²) in [7, 11) is 0. The Labute approximate surface area is 132 Å². The van der Waals surface area contributed by atoms with Crippen LogP contribution in [-0.4, -0.2) is 18.0 Å². The molecule has 1 N–H and O–H groups in total. The molecule has 0 heterocycles. The van der Waals surface area contributed by atoms with Crippen LogP contribution in [0.15, 0.2) is 0 Å². The van der Waals surface area contributed by atoms with Crippen LogP contribution >= 0.6 is 0 Å². The van der Waals surface area contributed by atoms with E-state index in [1.807, 2.05) is 0 Å². The van der Waals surface area contributed by atoms with Crippen molar-refractivity contribution in [3.63, 3.8) is 0 Å². The Balaban J connectivity index is 0. The van der Waals surface area contributed by atoms with Gasteiger partial charge in [0.2, 0.25) is 0 Å². The molecule has 0 unspecified atom stereocenters. The van der Waals surface area contributed by atoms with Crippen molar-refractivity contribution in [2.24, 2.45) is 0 Å². The third kappa shape index (κ3) is 19.3. The summed E-state index contributed by atoms with van der Waals surface area (Å²) in [6.07, 6.45) is 15.5. The quantitative estimate of drug-likeness (QED) is 0.414. The predicted molar refractivity (Wildman–Crippen MR) is 68.6 cm³/mol. The SMILES string of the molecule is O=CCCCCCCCCCCCCCO.[Y]. The first-order valence-corrected chi connectivity index (χ1v) is 6.96. The van der Waals surface area contributed by atoms with Crippen molar-refractivity contribution in [1.29, 1.82) is 0 Å². The van der Waals surface area contributed by atoms with Crippen LogP contribution in [0.1, 0.15) is 77.0 Å². The molecule has 1 radical (unpaired) electrons. The van der Waals surface area contributed by atoms with Gasteiger partial charge in [0.05, 0.1) is 0 Å². The first-order valence-electron chi connectivity index (χ1n) is 6.96. The number of hydrogen-bond donors (Lipinski definition) is 1. The summed E-state index contributed by atoms with van der Waals surface area (Å²) in [5.41, 5.74) is 0. The van der Waals surface area contributed by atoms with Gasteiger partial charge in [0, 0.05) is 45.7 Å². The average molecular weight is 317 g/mol. The monoisotopic (exact) mass is 317 g/mol. The molecular formula is C14H28O2Y. The topological polar surface area (TPSA) is 37.3 Å². The van der Waals surface area contributed by atoms with E-state index in [0.717, 1.165) is 25.5 Å². The summed E-state index contributed by atoms with van der Waals surface area (Å²) in [5, 5.41) is 8.61. The minimum atomic E-state index is 0. The van der Waals surface area contributed by atoms with Crippen molar-refractivity contribution in [3.8, 4) is 0 Å². The van der Waals surface area contributed by atoms with Crippen LogP contribution in [0, 0.1) is 0 Å². The molecule has 0 saturated carbocycles. The summed E-state index contributed by atoms with van der Waals surface area (Å²) in [5.74, 6) is 0. The van der Waals surface area contributed by atoms with Gasteiger partial charge in [-0.3, -0.25) is 0 Å². The first kappa shape index (κ1) is 20.1.